The molecule has 2 saturated carbocycles. The predicted molar refractivity (Wildman–Crippen MR) is 170 cm³/mol. The van der Waals surface area contributed by atoms with E-state index in [0.717, 1.165) is 0 Å². The van der Waals surface area contributed by atoms with E-state index < -0.39 is 85.8 Å². The van der Waals surface area contributed by atoms with Gasteiger partial charge in [0, 0.05) is 18.5 Å². The maximum absolute atomic E-state index is 14.2. The number of ether oxygens (including phenoxy) is 2. The Balaban J connectivity index is 1.58. The van der Waals surface area contributed by atoms with Crippen molar-refractivity contribution in [3.05, 3.63) is 37.1 Å². The summed E-state index contributed by atoms with van der Waals surface area (Å²) < 4.78 is 38.1. The van der Waals surface area contributed by atoms with E-state index in [0.29, 0.717) is 12.8 Å². The number of carbonyl (C=O) groups is 5. The summed E-state index contributed by atoms with van der Waals surface area (Å²) in [6, 6.07) is 2.47. The molecule has 258 valence electrons. The van der Waals surface area contributed by atoms with Gasteiger partial charge in [0.2, 0.25) is 21.8 Å². The van der Waals surface area contributed by atoms with Crippen molar-refractivity contribution in [2.75, 3.05) is 11.9 Å². The lowest BCUT2D eigenvalue weighted by molar-refractivity contribution is -0.143. The standard InChI is InChI=1S/C31H44N6O9S/c1-8-18-16-31(18,26(40)36-47(43,44)20-12-13-20)35-24(38)21-15-19(45-27(41)33-22-11-9-10-14-32-22)17-37(21)25(39)23(29(2,3)4)34-28(42)46-30(5,6)7/h8-11,14,18-21,23H,1,12-13,15-17H2,2-7H3,(H,34,42)(H,35,38)(H,36,40)(H,32,33,41)/t18?,19-,21+,23-,31-/m1/s1. The number of rotatable bonds is 10. The number of nitrogens with zero attached hydrogens (tertiary/aromatic N) is 2. The van der Waals surface area contributed by atoms with Crippen LogP contribution in [0.25, 0.3) is 0 Å². The molecule has 16 heteroatoms. The zero-order valence-corrected chi connectivity index (χ0v) is 28.3. The van der Waals surface area contributed by atoms with Crippen molar-refractivity contribution in [2.24, 2.45) is 11.3 Å². The Hall–Kier alpha value is -4.21. The van der Waals surface area contributed by atoms with Crippen molar-refractivity contribution in [3.8, 4) is 0 Å². The van der Waals surface area contributed by atoms with Gasteiger partial charge in [0.05, 0.1) is 11.8 Å². The van der Waals surface area contributed by atoms with Crippen LogP contribution in [0.1, 0.15) is 67.2 Å². The fourth-order valence-corrected chi connectivity index (χ4v) is 6.72. The van der Waals surface area contributed by atoms with Crippen LogP contribution in [-0.2, 0) is 33.9 Å². The molecule has 0 aromatic carbocycles. The second kappa shape index (κ2) is 13.1. The molecular weight excluding hydrogens is 632 g/mol. The van der Waals surface area contributed by atoms with E-state index >= 15 is 0 Å². The average molecular weight is 677 g/mol. The van der Waals surface area contributed by atoms with Crippen molar-refractivity contribution in [1.82, 2.24) is 25.2 Å². The van der Waals surface area contributed by atoms with Crippen LogP contribution in [0.3, 0.4) is 0 Å². The molecule has 15 nitrogen and oxygen atoms in total. The molecular formula is C31H44N6O9S. The molecule has 2 aliphatic carbocycles. The topological polar surface area (TPSA) is 202 Å². The second-order valence-electron chi connectivity index (χ2n) is 14.2. The van der Waals surface area contributed by atoms with E-state index in [-0.39, 0.29) is 25.2 Å². The van der Waals surface area contributed by atoms with Crippen molar-refractivity contribution in [1.29, 1.82) is 0 Å². The van der Waals surface area contributed by atoms with E-state index in [4.69, 9.17) is 9.47 Å². The highest BCUT2D eigenvalue weighted by molar-refractivity contribution is 7.91. The number of alkyl carbamates (subject to hydrolysis) is 1. The Morgan fingerprint density at radius 3 is 2.30 bits per heavy atom. The molecule has 5 amide bonds. The molecule has 1 aromatic rings. The predicted octanol–water partition coefficient (Wildman–Crippen LogP) is 2.21. The first-order valence-corrected chi connectivity index (χ1v) is 17.0. The van der Waals surface area contributed by atoms with Crippen LogP contribution in [0.5, 0.6) is 0 Å². The van der Waals surface area contributed by atoms with Crippen molar-refractivity contribution in [3.63, 3.8) is 0 Å². The first kappa shape index (κ1) is 35.6. The number of hydrogen-bond donors (Lipinski definition) is 4. The average Bonchev–Trinajstić information content (AvgIpc) is 3.87. The number of aromatic nitrogens is 1. The van der Waals surface area contributed by atoms with Crippen LogP contribution in [0.15, 0.2) is 37.1 Å². The van der Waals surface area contributed by atoms with E-state index in [2.05, 4.69) is 32.2 Å². The monoisotopic (exact) mass is 676 g/mol. The molecule has 1 saturated heterocycles. The molecule has 1 unspecified atom stereocenters. The van der Waals surface area contributed by atoms with Gasteiger partial charge in [0.25, 0.3) is 5.91 Å². The summed E-state index contributed by atoms with van der Waals surface area (Å²) in [5.74, 6) is -2.63. The molecule has 1 aromatic heterocycles. The summed E-state index contributed by atoms with van der Waals surface area (Å²) in [6.45, 7) is 13.7. The zero-order chi connectivity index (χ0) is 34.9. The summed E-state index contributed by atoms with van der Waals surface area (Å²) in [5, 5.41) is 7.13. The highest BCUT2D eigenvalue weighted by atomic mass is 32.2. The van der Waals surface area contributed by atoms with E-state index in [1.54, 1.807) is 59.7 Å². The van der Waals surface area contributed by atoms with Gasteiger partial charge in [0.1, 0.15) is 35.1 Å². The van der Waals surface area contributed by atoms with Gasteiger partial charge in [-0.2, -0.15) is 0 Å². The minimum absolute atomic E-state index is 0.103. The Morgan fingerprint density at radius 1 is 1.09 bits per heavy atom. The highest BCUT2D eigenvalue weighted by Gasteiger charge is 2.62. The van der Waals surface area contributed by atoms with Gasteiger partial charge in [-0.25, -0.2) is 23.0 Å². The van der Waals surface area contributed by atoms with Crippen molar-refractivity contribution in [2.45, 2.75) is 102 Å². The molecule has 1 aliphatic heterocycles. The lowest BCUT2D eigenvalue weighted by Gasteiger charge is -2.36. The number of amides is 5. The zero-order valence-electron chi connectivity index (χ0n) is 27.5. The maximum Gasteiger partial charge on any atom is 0.413 e. The number of likely N-dealkylation sites (tertiary alicyclic amines) is 1. The molecule has 4 N–H and O–H groups in total. The van der Waals surface area contributed by atoms with Gasteiger partial charge >= 0.3 is 12.2 Å². The quantitative estimate of drug-likeness (QED) is 0.266. The fraction of sp³-hybridized carbons (Fsp3) is 0.613. The van der Waals surface area contributed by atoms with E-state index in [9.17, 15) is 32.4 Å². The summed E-state index contributed by atoms with van der Waals surface area (Å²) in [5.41, 5.74) is -3.30. The Morgan fingerprint density at radius 2 is 1.77 bits per heavy atom. The molecule has 3 aliphatic rings. The van der Waals surface area contributed by atoms with Crippen LogP contribution < -0.4 is 20.7 Å². The van der Waals surface area contributed by atoms with E-state index in [1.165, 1.54) is 17.2 Å². The minimum atomic E-state index is -3.91. The molecule has 47 heavy (non-hydrogen) atoms. The number of nitrogens with one attached hydrogen (secondary N) is 4. The molecule has 0 radical (unpaired) electrons. The highest BCUT2D eigenvalue weighted by Crippen LogP contribution is 2.45. The minimum Gasteiger partial charge on any atom is -0.444 e. The lowest BCUT2D eigenvalue weighted by atomic mass is 9.85. The first-order valence-electron chi connectivity index (χ1n) is 15.4. The summed E-state index contributed by atoms with van der Waals surface area (Å²) in [4.78, 5) is 72.1. The molecule has 5 atom stereocenters. The van der Waals surface area contributed by atoms with Crippen LogP contribution >= 0.6 is 0 Å². The largest absolute Gasteiger partial charge is 0.444 e. The maximum atomic E-state index is 14.2. The van der Waals surface area contributed by atoms with Gasteiger partial charge in [-0.3, -0.25) is 24.4 Å². The third-order valence-corrected chi connectivity index (χ3v) is 9.86. The third-order valence-electron chi connectivity index (χ3n) is 8.04. The molecule has 2 heterocycles. The molecule has 0 spiro atoms. The van der Waals surface area contributed by atoms with Gasteiger partial charge in [-0.1, -0.05) is 32.9 Å². The van der Waals surface area contributed by atoms with Gasteiger partial charge in [0.15, 0.2) is 0 Å². The molecule has 0 bridgehead atoms. The Kier molecular flexibility index (Phi) is 9.95. The Labute approximate surface area is 274 Å². The summed E-state index contributed by atoms with van der Waals surface area (Å²) in [7, 11) is -3.91. The number of carbonyl (C=O) groups excluding carboxylic acids is 5. The number of anilines is 1. The fourth-order valence-electron chi connectivity index (χ4n) is 5.36. The van der Waals surface area contributed by atoms with Crippen molar-refractivity contribution >= 4 is 45.7 Å². The summed E-state index contributed by atoms with van der Waals surface area (Å²) >= 11 is 0. The van der Waals surface area contributed by atoms with Crippen LogP contribution in [0, 0.1) is 11.3 Å². The molecule has 3 fully saturated rings. The third kappa shape index (κ3) is 8.78. The van der Waals surface area contributed by atoms with Gasteiger partial charge < -0.3 is 25.0 Å². The lowest BCUT2D eigenvalue weighted by Crippen LogP contribution is -2.60. The van der Waals surface area contributed by atoms with Crippen molar-refractivity contribution < 1.29 is 41.9 Å². The summed E-state index contributed by atoms with van der Waals surface area (Å²) in [6.07, 6.45) is 1.10. The van der Waals surface area contributed by atoms with Crippen LogP contribution in [0.4, 0.5) is 15.4 Å². The smallest absolute Gasteiger partial charge is 0.413 e. The number of sulfonamides is 1. The number of hydrogen-bond acceptors (Lipinski definition) is 10. The van der Waals surface area contributed by atoms with Crippen LogP contribution in [-0.4, -0.2) is 89.3 Å². The van der Waals surface area contributed by atoms with Gasteiger partial charge in [-0.05, 0) is 57.6 Å². The Bertz CT molecular complexity index is 1520. The van der Waals surface area contributed by atoms with E-state index in [1.807, 2.05) is 0 Å². The molecule has 4 rings (SSSR count). The normalized spacial score (nSPS) is 24.7. The second-order valence-corrected chi connectivity index (χ2v) is 16.2. The first-order chi connectivity index (χ1) is 21.8. The van der Waals surface area contributed by atoms with Gasteiger partial charge in [-0.15, -0.1) is 6.58 Å². The SMILES string of the molecule is C=CC1C[C@]1(NC(=O)[C@@H]1C[C@@H](OC(=O)Nc2ccccn2)CN1C(=O)[C@@H](NC(=O)OC(C)(C)C)C(C)(C)C)C(=O)NS(=O)(=O)C1CC1. The number of pyridine rings is 1. The van der Waals surface area contributed by atoms with Crippen LogP contribution in [0.2, 0.25) is 0 Å².